The molecule has 4 heteroatoms. The molecule has 1 atom stereocenters. The van der Waals surface area contributed by atoms with Gasteiger partial charge in [0.05, 0.1) is 11.7 Å². The highest BCUT2D eigenvalue weighted by atomic mass is 15.2. The van der Waals surface area contributed by atoms with Crippen LogP contribution in [0, 0.1) is 0 Å². The molecule has 0 amide bonds. The Morgan fingerprint density at radius 3 is 2.58 bits per heavy atom. The SMILES string of the molecule is Nc1ccc(N2CCCC2c2ccccc2)nc1N. The number of hydrogen-bond acceptors (Lipinski definition) is 4. The summed E-state index contributed by atoms with van der Waals surface area (Å²) in [7, 11) is 0. The van der Waals surface area contributed by atoms with Gasteiger partial charge in [-0.3, -0.25) is 0 Å². The minimum absolute atomic E-state index is 0.386. The topological polar surface area (TPSA) is 68.2 Å². The van der Waals surface area contributed by atoms with Crippen molar-refractivity contribution in [3.63, 3.8) is 0 Å². The van der Waals surface area contributed by atoms with E-state index >= 15 is 0 Å². The normalized spacial score (nSPS) is 18.7. The molecular weight excluding hydrogens is 236 g/mol. The molecule has 1 aliphatic heterocycles. The summed E-state index contributed by atoms with van der Waals surface area (Å²) in [5.74, 6) is 1.33. The van der Waals surface area contributed by atoms with Crippen molar-refractivity contribution in [3.8, 4) is 0 Å². The van der Waals surface area contributed by atoms with Crippen LogP contribution < -0.4 is 16.4 Å². The lowest BCUT2D eigenvalue weighted by atomic mass is 10.0. The number of hydrogen-bond donors (Lipinski definition) is 2. The Kier molecular flexibility index (Phi) is 2.99. The van der Waals surface area contributed by atoms with Gasteiger partial charge in [-0.15, -0.1) is 0 Å². The molecule has 4 nitrogen and oxygen atoms in total. The van der Waals surface area contributed by atoms with Crippen LogP contribution >= 0.6 is 0 Å². The van der Waals surface area contributed by atoms with Crippen LogP contribution in [0.4, 0.5) is 17.3 Å². The number of aromatic nitrogens is 1. The van der Waals surface area contributed by atoms with Gasteiger partial charge in [0.2, 0.25) is 0 Å². The zero-order valence-electron chi connectivity index (χ0n) is 10.8. The fourth-order valence-corrected chi connectivity index (χ4v) is 2.70. The van der Waals surface area contributed by atoms with Gasteiger partial charge in [0, 0.05) is 6.54 Å². The van der Waals surface area contributed by atoms with E-state index in [2.05, 4.69) is 34.1 Å². The zero-order valence-corrected chi connectivity index (χ0v) is 10.8. The maximum atomic E-state index is 5.81. The van der Waals surface area contributed by atoms with Crippen molar-refractivity contribution in [2.45, 2.75) is 18.9 Å². The molecule has 1 unspecified atom stereocenters. The van der Waals surface area contributed by atoms with E-state index in [0.717, 1.165) is 18.8 Å². The van der Waals surface area contributed by atoms with Crippen LogP contribution in [0.25, 0.3) is 0 Å². The average molecular weight is 254 g/mol. The monoisotopic (exact) mass is 254 g/mol. The Hall–Kier alpha value is -2.23. The molecule has 0 aliphatic carbocycles. The smallest absolute Gasteiger partial charge is 0.149 e. The van der Waals surface area contributed by atoms with Crippen molar-refractivity contribution in [2.75, 3.05) is 22.9 Å². The van der Waals surface area contributed by atoms with Gasteiger partial charge in [0.1, 0.15) is 11.6 Å². The zero-order chi connectivity index (χ0) is 13.2. The second-order valence-corrected chi connectivity index (χ2v) is 4.91. The quantitative estimate of drug-likeness (QED) is 0.864. The maximum absolute atomic E-state index is 5.81. The van der Waals surface area contributed by atoms with Crippen LogP contribution in [0.3, 0.4) is 0 Å². The molecule has 0 radical (unpaired) electrons. The molecule has 0 spiro atoms. The molecule has 1 saturated heterocycles. The number of anilines is 3. The molecule has 1 aromatic heterocycles. The summed E-state index contributed by atoms with van der Waals surface area (Å²) < 4.78 is 0. The molecule has 0 saturated carbocycles. The van der Waals surface area contributed by atoms with E-state index < -0.39 is 0 Å². The number of nitrogens with zero attached hydrogens (tertiary/aromatic N) is 2. The summed E-state index contributed by atoms with van der Waals surface area (Å²) in [5, 5.41) is 0. The third kappa shape index (κ3) is 2.21. The molecule has 19 heavy (non-hydrogen) atoms. The molecule has 1 aromatic carbocycles. The third-order valence-electron chi connectivity index (χ3n) is 3.67. The van der Waals surface area contributed by atoms with Crippen LogP contribution in [0.2, 0.25) is 0 Å². The molecule has 4 N–H and O–H groups in total. The first kappa shape index (κ1) is 11.8. The minimum atomic E-state index is 0.386. The van der Waals surface area contributed by atoms with Crippen molar-refractivity contribution < 1.29 is 0 Å². The number of nitrogens with two attached hydrogens (primary N) is 2. The fourth-order valence-electron chi connectivity index (χ4n) is 2.70. The molecular formula is C15H18N4. The van der Waals surface area contributed by atoms with Crippen molar-refractivity contribution in [3.05, 3.63) is 48.0 Å². The van der Waals surface area contributed by atoms with Gasteiger partial charge in [0.15, 0.2) is 0 Å². The summed E-state index contributed by atoms with van der Waals surface area (Å²) in [6.45, 7) is 1.01. The lowest BCUT2D eigenvalue weighted by Crippen LogP contribution is -2.23. The van der Waals surface area contributed by atoms with E-state index in [9.17, 15) is 0 Å². The molecule has 2 heterocycles. The Morgan fingerprint density at radius 1 is 1.05 bits per heavy atom. The number of benzene rings is 1. The van der Waals surface area contributed by atoms with Gasteiger partial charge in [-0.1, -0.05) is 30.3 Å². The molecule has 1 fully saturated rings. The number of pyridine rings is 1. The number of nitrogen functional groups attached to an aromatic ring is 2. The van der Waals surface area contributed by atoms with Crippen molar-refractivity contribution >= 4 is 17.3 Å². The first-order valence-corrected chi connectivity index (χ1v) is 6.59. The van der Waals surface area contributed by atoms with Gasteiger partial charge >= 0.3 is 0 Å². The lowest BCUT2D eigenvalue weighted by Gasteiger charge is -2.26. The summed E-state index contributed by atoms with van der Waals surface area (Å²) in [6, 6.07) is 14.7. The van der Waals surface area contributed by atoms with Crippen LogP contribution in [-0.4, -0.2) is 11.5 Å². The van der Waals surface area contributed by atoms with E-state index in [4.69, 9.17) is 11.5 Å². The summed E-state index contributed by atoms with van der Waals surface area (Å²) in [4.78, 5) is 6.72. The lowest BCUT2D eigenvalue weighted by molar-refractivity contribution is 0.712. The number of rotatable bonds is 2. The van der Waals surface area contributed by atoms with E-state index in [1.807, 2.05) is 18.2 Å². The van der Waals surface area contributed by atoms with E-state index in [0.29, 0.717) is 17.5 Å². The first-order valence-electron chi connectivity index (χ1n) is 6.59. The van der Waals surface area contributed by atoms with Gasteiger partial charge in [-0.2, -0.15) is 0 Å². The Morgan fingerprint density at radius 2 is 1.84 bits per heavy atom. The summed E-state index contributed by atoms with van der Waals surface area (Å²) in [5.41, 5.74) is 13.4. The largest absolute Gasteiger partial charge is 0.396 e. The van der Waals surface area contributed by atoms with Gasteiger partial charge < -0.3 is 16.4 Å². The van der Waals surface area contributed by atoms with Gasteiger partial charge in [0.25, 0.3) is 0 Å². The highest BCUT2D eigenvalue weighted by molar-refractivity contribution is 5.62. The molecule has 2 aromatic rings. The van der Waals surface area contributed by atoms with E-state index in [1.165, 1.54) is 12.0 Å². The van der Waals surface area contributed by atoms with Crippen molar-refractivity contribution in [1.29, 1.82) is 0 Å². The predicted molar refractivity (Wildman–Crippen MR) is 78.8 cm³/mol. The van der Waals surface area contributed by atoms with Gasteiger partial charge in [-0.25, -0.2) is 4.98 Å². The maximum Gasteiger partial charge on any atom is 0.149 e. The van der Waals surface area contributed by atoms with Crippen LogP contribution in [0.15, 0.2) is 42.5 Å². The fraction of sp³-hybridized carbons (Fsp3) is 0.267. The van der Waals surface area contributed by atoms with Crippen molar-refractivity contribution in [1.82, 2.24) is 4.98 Å². The van der Waals surface area contributed by atoms with Crippen LogP contribution in [-0.2, 0) is 0 Å². The standard InChI is InChI=1S/C15H18N4/c16-12-8-9-14(18-15(12)17)19-10-4-7-13(19)11-5-2-1-3-6-11/h1-3,5-6,8-9,13H,4,7,10,16H2,(H2,17,18). The minimum Gasteiger partial charge on any atom is -0.396 e. The van der Waals surface area contributed by atoms with Gasteiger partial charge in [-0.05, 0) is 30.5 Å². The second-order valence-electron chi connectivity index (χ2n) is 4.91. The van der Waals surface area contributed by atoms with Crippen molar-refractivity contribution in [2.24, 2.45) is 0 Å². The molecule has 1 aliphatic rings. The van der Waals surface area contributed by atoms with E-state index in [-0.39, 0.29) is 0 Å². The first-order chi connectivity index (χ1) is 9.25. The molecule has 0 bridgehead atoms. The predicted octanol–water partition coefficient (Wildman–Crippen LogP) is 2.59. The molecule has 3 rings (SSSR count). The average Bonchev–Trinajstić information content (AvgIpc) is 2.92. The summed E-state index contributed by atoms with van der Waals surface area (Å²) >= 11 is 0. The highest BCUT2D eigenvalue weighted by Gasteiger charge is 2.27. The van der Waals surface area contributed by atoms with E-state index in [1.54, 1.807) is 0 Å². The van der Waals surface area contributed by atoms with Crippen LogP contribution in [0.5, 0.6) is 0 Å². The second kappa shape index (κ2) is 4.80. The highest BCUT2D eigenvalue weighted by Crippen LogP contribution is 2.35. The third-order valence-corrected chi connectivity index (χ3v) is 3.67. The van der Waals surface area contributed by atoms with Crippen LogP contribution in [0.1, 0.15) is 24.4 Å². The Bertz CT molecular complexity index is 568. The Balaban J connectivity index is 1.93. The molecule has 98 valence electrons. The summed E-state index contributed by atoms with van der Waals surface area (Å²) in [6.07, 6.45) is 2.32. The Labute approximate surface area is 113 Å².